The van der Waals surface area contributed by atoms with Crippen LogP contribution in [-0.2, 0) is 6.54 Å². The summed E-state index contributed by atoms with van der Waals surface area (Å²) in [4.78, 5) is 16.6. The number of nitrogens with one attached hydrogen (secondary N) is 2. The van der Waals surface area contributed by atoms with E-state index in [1.807, 2.05) is 30.5 Å². The number of fused-ring (bicyclic) bond motifs is 1. The van der Waals surface area contributed by atoms with Gasteiger partial charge in [0.05, 0.1) is 7.11 Å². The number of rotatable bonds is 5. The number of hydrogen-bond acceptors (Lipinski definition) is 3. The van der Waals surface area contributed by atoms with Crippen molar-refractivity contribution in [3.63, 3.8) is 0 Å². The fraction of sp³-hybridized carbons (Fsp3) is 0.333. The Balaban J connectivity index is 1.54. The highest BCUT2D eigenvalue weighted by atomic mass is 16.5. The van der Waals surface area contributed by atoms with E-state index < -0.39 is 0 Å². The molecule has 1 aromatic heterocycles. The molecule has 0 bridgehead atoms. The van der Waals surface area contributed by atoms with Crippen LogP contribution in [0.5, 0.6) is 5.75 Å². The van der Waals surface area contributed by atoms with Crippen molar-refractivity contribution in [2.24, 2.45) is 0 Å². The van der Waals surface area contributed by atoms with Crippen molar-refractivity contribution in [3.05, 3.63) is 60.4 Å². The van der Waals surface area contributed by atoms with Crippen LogP contribution in [0.15, 0.2) is 54.9 Å². The molecular weight excluding hydrogens is 362 g/mol. The van der Waals surface area contributed by atoms with Crippen molar-refractivity contribution >= 4 is 16.8 Å². The van der Waals surface area contributed by atoms with Crippen LogP contribution >= 0.6 is 0 Å². The van der Waals surface area contributed by atoms with Crippen LogP contribution in [0.1, 0.15) is 37.7 Å². The molecule has 0 atom stereocenters. The normalized spacial score (nSPS) is 14.5. The summed E-state index contributed by atoms with van der Waals surface area (Å²) in [5.74, 6) is 0.829. The van der Waals surface area contributed by atoms with Crippen molar-refractivity contribution in [3.8, 4) is 16.9 Å². The van der Waals surface area contributed by atoms with Gasteiger partial charge in [-0.2, -0.15) is 0 Å². The number of urea groups is 1. The second-order valence-electron chi connectivity index (χ2n) is 7.59. The minimum absolute atomic E-state index is 0.0918. The zero-order valence-corrected chi connectivity index (χ0v) is 16.8. The number of hydrogen-bond donors (Lipinski definition) is 2. The summed E-state index contributed by atoms with van der Waals surface area (Å²) in [7, 11) is 1.67. The summed E-state index contributed by atoms with van der Waals surface area (Å²) in [5, 5.41) is 8.28. The van der Waals surface area contributed by atoms with Crippen LogP contribution in [-0.4, -0.2) is 24.2 Å². The first-order valence-corrected chi connectivity index (χ1v) is 10.3. The largest absolute Gasteiger partial charge is 0.497 e. The lowest BCUT2D eigenvalue weighted by molar-refractivity contribution is 0.232. The number of nitrogens with zero attached hydrogens (tertiary/aromatic N) is 1. The highest BCUT2D eigenvalue weighted by Crippen LogP contribution is 2.32. The number of carbonyl (C=O) groups is 1. The number of methoxy groups -OCH3 is 1. The minimum Gasteiger partial charge on any atom is -0.497 e. The summed E-state index contributed by atoms with van der Waals surface area (Å²) < 4.78 is 5.37. The average Bonchev–Trinajstić information content (AvgIpc) is 2.78. The van der Waals surface area contributed by atoms with E-state index >= 15 is 0 Å². The Labute approximate surface area is 171 Å². The molecule has 1 aliphatic carbocycles. The third kappa shape index (κ3) is 4.50. The molecule has 2 amide bonds. The molecule has 2 aromatic carbocycles. The number of carbonyl (C=O) groups excluding carboxylic acids is 1. The monoisotopic (exact) mass is 389 g/mol. The average molecular weight is 389 g/mol. The Kier molecular flexibility index (Phi) is 5.94. The maximum atomic E-state index is 12.3. The van der Waals surface area contributed by atoms with Gasteiger partial charge in [-0.05, 0) is 53.1 Å². The Bertz CT molecular complexity index is 996. The SMILES string of the molecule is COc1cccc(-c2ccc(CNC(=O)NC3CCCCC3)c3cnccc23)c1. The van der Waals surface area contributed by atoms with Gasteiger partial charge in [-0.25, -0.2) is 4.79 Å². The Morgan fingerprint density at radius 3 is 2.79 bits per heavy atom. The molecule has 1 heterocycles. The molecular formula is C24H27N3O2. The molecule has 1 fully saturated rings. The topological polar surface area (TPSA) is 63.2 Å². The quantitative estimate of drug-likeness (QED) is 0.642. The second kappa shape index (κ2) is 8.95. The van der Waals surface area contributed by atoms with E-state index in [1.54, 1.807) is 13.3 Å². The van der Waals surface area contributed by atoms with Crippen LogP contribution in [0.2, 0.25) is 0 Å². The van der Waals surface area contributed by atoms with Crippen molar-refractivity contribution in [1.29, 1.82) is 0 Å². The molecule has 150 valence electrons. The summed E-state index contributed by atoms with van der Waals surface area (Å²) in [6.07, 6.45) is 9.51. The molecule has 2 N–H and O–H groups in total. The molecule has 4 rings (SSSR count). The lowest BCUT2D eigenvalue weighted by Gasteiger charge is -2.23. The molecule has 1 aliphatic rings. The van der Waals surface area contributed by atoms with Crippen LogP contribution < -0.4 is 15.4 Å². The zero-order chi connectivity index (χ0) is 20.1. The van der Waals surface area contributed by atoms with Crippen LogP contribution in [0.4, 0.5) is 4.79 Å². The minimum atomic E-state index is -0.0918. The number of benzene rings is 2. The van der Waals surface area contributed by atoms with Crippen molar-refractivity contribution in [2.75, 3.05) is 7.11 Å². The zero-order valence-electron chi connectivity index (χ0n) is 16.8. The number of ether oxygens (including phenoxy) is 1. The summed E-state index contributed by atoms with van der Waals surface area (Å²) in [6, 6.07) is 14.5. The van der Waals surface area contributed by atoms with Gasteiger partial charge < -0.3 is 15.4 Å². The van der Waals surface area contributed by atoms with Gasteiger partial charge in [0.25, 0.3) is 0 Å². The molecule has 5 nitrogen and oxygen atoms in total. The highest BCUT2D eigenvalue weighted by Gasteiger charge is 2.16. The van der Waals surface area contributed by atoms with E-state index in [4.69, 9.17) is 4.74 Å². The molecule has 0 radical (unpaired) electrons. The van der Waals surface area contributed by atoms with Crippen molar-refractivity contribution in [2.45, 2.75) is 44.7 Å². The maximum absolute atomic E-state index is 12.3. The third-order valence-corrected chi connectivity index (χ3v) is 5.67. The van der Waals surface area contributed by atoms with E-state index in [-0.39, 0.29) is 6.03 Å². The second-order valence-corrected chi connectivity index (χ2v) is 7.59. The molecule has 0 saturated heterocycles. The van der Waals surface area contributed by atoms with Gasteiger partial charge in [-0.1, -0.05) is 43.5 Å². The fourth-order valence-corrected chi connectivity index (χ4v) is 4.10. The van der Waals surface area contributed by atoms with E-state index in [1.165, 1.54) is 19.3 Å². The summed E-state index contributed by atoms with van der Waals surface area (Å²) >= 11 is 0. The Hall–Kier alpha value is -3.08. The van der Waals surface area contributed by atoms with E-state index in [0.717, 1.165) is 46.1 Å². The number of pyridine rings is 1. The third-order valence-electron chi connectivity index (χ3n) is 5.67. The van der Waals surface area contributed by atoms with Gasteiger partial charge >= 0.3 is 6.03 Å². The summed E-state index contributed by atoms with van der Waals surface area (Å²) in [6.45, 7) is 0.471. The first-order chi connectivity index (χ1) is 14.2. The number of amides is 2. The van der Waals surface area contributed by atoms with Crippen molar-refractivity contribution < 1.29 is 9.53 Å². The molecule has 1 saturated carbocycles. The van der Waals surface area contributed by atoms with E-state index in [0.29, 0.717) is 12.6 Å². The number of aromatic nitrogens is 1. The first kappa shape index (κ1) is 19.2. The predicted molar refractivity (Wildman–Crippen MR) is 116 cm³/mol. The summed E-state index contributed by atoms with van der Waals surface area (Å²) in [5.41, 5.74) is 3.27. The van der Waals surface area contributed by atoms with Crippen molar-refractivity contribution in [1.82, 2.24) is 15.6 Å². The van der Waals surface area contributed by atoms with Gasteiger partial charge in [0.15, 0.2) is 0 Å². The highest BCUT2D eigenvalue weighted by molar-refractivity contribution is 5.98. The molecule has 5 heteroatoms. The van der Waals surface area contributed by atoms with Crippen LogP contribution in [0, 0.1) is 0 Å². The lowest BCUT2D eigenvalue weighted by atomic mass is 9.95. The maximum Gasteiger partial charge on any atom is 0.315 e. The van der Waals surface area contributed by atoms with Gasteiger partial charge in [0, 0.05) is 30.4 Å². The Morgan fingerprint density at radius 1 is 1.10 bits per heavy atom. The smallest absolute Gasteiger partial charge is 0.315 e. The molecule has 0 unspecified atom stereocenters. The van der Waals surface area contributed by atoms with Gasteiger partial charge in [0.2, 0.25) is 0 Å². The molecule has 0 spiro atoms. The van der Waals surface area contributed by atoms with E-state index in [9.17, 15) is 4.79 Å². The molecule has 3 aromatic rings. The standard InChI is InChI=1S/C24H27N3O2/c1-29-20-9-5-6-17(14-20)21-11-10-18(23-16-25-13-12-22(21)23)15-26-24(28)27-19-7-3-2-4-8-19/h5-6,9-14,16,19H,2-4,7-8,15H2,1H3,(H2,26,27,28). The molecule has 29 heavy (non-hydrogen) atoms. The van der Waals surface area contributed by atoms with Crippen LogP contribution in [0.3, 0.4) is 0 Å². The first-order valence-electron chi connectivity index (χ1n) is 10.3. The van der Waals surface area contributed by atoms with Gasteiger partial charge in [-0.15, -0.1) is 0 Å². The van der Waals surface area contributed by atoms with E-state index in [2.05, 4.69) is 33.8 Å². The predicted octanol–water partition coefficient (Wildman–Crippen LogP) is 5.04. The van der Waals surface area contributed by atoms with Gasteiger partial charge in [0.1, 0.15) is 5.75 Å². The van der Waals surface area contributed by atoms with Crippen LogP contribution in [0.25, 0.3) is 21.9 Å². The lowest BCUT2D eigenvalue weighted by Crippen LogP contribution is -2.42. The molecule has 0 aliphatic heterocycles. The fourth-order valence-electron chi connectivity index (χ4n) is 4.10. The van der Waals surface area contributed by atoms with Gasteiger partial charge in [-0.3, -0.25) is 4.98 Å². The Morgan fingerprint density at radius 2 is 1.97 bits per heavy atom.